The minimum absolute atomic E-state index is 0.314. The van der Waals surface area contributed by atoms with Crippen LogP contribution in [0.1, 0.15) is 42.9 Å². The summed E-state index contributed by atoms with van der Waals surface area (Å²) in [7, 11) is 0. The second kappa shape index (κ2) is 12.6. The van der Waals surface area contributed by atoms with E-state index in [4.69, 9.17) is 8.92 Å². The molecule has 0 spiro atoms. The number of carbonyl (C=O) groups is 1. The number of imidazole rings is 1. The standard InChI is InChI=1S/C23H28BrN3O6S2/c1-3-25-11-13-34-21(25)7-6-16-8-10-27-20-15-18(24)17(23(28)30-4-2)14-19(20)26(22(16)27)9-5-12-31-35-33-32-29/h6-7,14-15H,3-5,8-13H2,1-2H3. The van der Waals surface area contributed by atoms with Gasteiger partial charge < -0.3 is 14.9 Å². The van der Waals surface area contributed by atoms with Gasteiger partial charge in [0.05, 0.1) is 36.9 Å². The molecule has 1 aromatic heterocycles. The lowest BCUT2D eigenvalue weighted by Gasteiger charge is -2.15. The Morgan fingerprint density at radius 1 is 1.34 bits per heavy atom. The van der Waals surface area contributed by atoms with E-state index in [1.165, 1.54) is 10.6 Å². The maximum atomic E-state index is 12.6. The number of thioether (sulfide) groups is 1. The number of hydrogen-bond acceptors (Lipinski definition) is 9. The molecule has 1 fully saturated rings. The first-order valence-electron chi connectivity index (χ1n) is 11.6. The van der Waals surface area contributed by atoms with Crippen molar-refractivity contribution in [3.63, 3.8) is 0 Å². The SMILES string of the molecule is CCOC(=O)c1cc2c(cc1Br)[n+]1c(n2CCCOSOO[O-])C(=CC=C2SCCN2CC)CC1. The predicted molar refractivity (Wildman–Crippen MR) is 137 cm³/mol. The van der Waals surface area contributed by atoms with Gasteiger partial charge in [-0.2, -0.15) is 0 Å². The van der Waals surface area contributed by atoms with Crippen molar-refractivity contribution in [2.45, 2.75) is 39.8 Å². The summed E-state index contributed by atoms with van der Waals surface area (Å²) in [5.41, 5.74) is 3.77. The summed E-state index contributed by atoms with van der Waals surface area (Å²) in [6.45, 7) is 8.27. The Morgan fingerprint density at radius 2 is 2.20 bits per heavy atom. The van der Waals surface area contributed by atoms with Crippen molar-refractivity contribution in [1.29, 1.82) is 0 Å². The molecule has 0 atom stereocenters. The molecule has 0 saturated carbocycles. The van der Waals surface area contributed by atoms with Crippen LogP contribution >= 0.6 is 40.0 Å². The van der Waals surface area contributed by atoms with Gasteiger partial charge in [-0.05, 0) is 41.9 Å². The van der Waals surface area contributed by atoms with E-state index in [1.807, 2.05) is 23.9 Å². The smallest absolute Gasteiger partial charge is 0.339 e. The Morgan fingerprint density at radius 3 is 2.97 bits per heavy atom. The van der Waals surface area contributed by atoms with E-state index in [0.29, 0.717) is 48.5 Å². The molecule has 0 unspecified atom stereocenters. The van der Waals surface area contributed by atoms with Crippen LogP contribution in [0.3, 0.4) is 0 Å². The van der Waals surface area contributed by atoms with Crippen LogP contribution < -0.4 is 9.82 Å². The molecule has 35 heavy (non-hydrogen) atoms. The molecular formula is C23H28BrN3O6S2. The zero-order valence-corrected chi connectivity index (χ0v) is 22.9. The molecule has 1 aromatic carbocycles. The Labute approximate surface area is 221 Å². The lowest BCUT2D eigenvalue weighted by Crippen LogP contribution is -2.32. The molecule has 0 radical (unpaired) electrons. The number of carbonyl (C=O) groups excluding carboxylic acids is 1. The molecule has 3 heterocycles. The van der Waals surface area contributed by atoms with Crippen molar-refractivity contribution < 1.29 is 32.9 Å². The third-order valence-electron chi connectivity index (χ3n) is 5.99. The molecule has 190 valence electrons. The monoisotopic (exact) mass is 585 g/mol. The molecule has 4 rings (SSSR count). The van der Waals surface area contributed by atoms with Crippen LogP contribution in [-0.2, 0) is 31.4 Å². The van der Waals surface area contributed by atoms with Gasteiger partial charge >= 0.3 is 5.97 Å². The number of ether oxygens (including phenoxy) is 1. The average Bonchev–Trinajstić information content (AvgIpc) is 3.55. The minimum atomic E-state index is -0.355. The number of hydrogen-bond donors (Lipinski definition) is 0. The number of esters is 1. The summed E-state index contributed by atoms with van der Waals surface area (Å²) >= 11 is 5.98. The highest BCUT2D eigenvalue weighted by atomic mass is 79.9. The number of rotatable bonds is 11. The summed E-state index contributed by atoms with van der Waals surface area (Å²) < 4.78 is 19.9. The number of nitrogens with zero attached hydrogens (tertiary/aromatic N) is 3. The first kappa shape index (κ1) is 26.5. The van der Waals surface area contributed by atoms with Crippen molar-refractivity contribution in [2.24, 2.45) is 0 Å². The minimum Gasteiger partial charge on any atom is -0.691 e. The van der Waals surface area contributed by atoms with Crippen molar-refractivity contribution in [3.8, 4) is 0 Å². The molecule has 0 amide bonds. The van der Waals surface area contributed by atoms with Crippen molar-refractivity contribution in [1.82, 2.24) is 9.47 Å². The maximum absolute atomic E-state index is 12.6. The Hall–Kier alpha value is -1.54. The van der Waals surface area contributed by atoms with Crippen molar-refractivity contribution >= 4 is 62.6 Å². The van der Waals surface area contributed by atoms with E-state index < -0.39 is 0 Å². The highest BCUT2D eigenvalue weighted by Gasteiger charge is 2.34. The molecule has 0 N–H and O–H groups in total. The molecule has 0 aliphatic carbocycles. The molecule has 2 aliphatic heterocycles. The maximum Gasteiger partial charge on any atom is 0.339 e. The Kier molecular flexibility index (Phi) is 9.56. The summed E-state index contributed by atoms with van der Waals surface area (Å²) in [6, 6.07) is 3.90. The van der Waals surface area contributed by atoms with Gasteiger partial charge in [0.1, 0.15) is 0 Å². The molecule has 12 heteroatoms. The summed E-state index contributed by atoms with van der Waals surface area (Å²) in [6.07, 6.45) is 6.07. The number of benzene rings is 1. The van der Waals surface area contributed by atoms with Gasteiger partial charge in [0, 0.05) is 53.9 Å². The lowest BCUT2D eigenvalue weighted by atomic mass is 10.1. The number of aromatic nitrogens is 2. The second-order valence-corrected chi connectivity index (χ2v) is 10.4. The van der Waals surface area contributed by atoms with Crippen LogP contribution in [0.2, 0.25) is 0 Å². The van der Waals surface area contributed by atoms with Crippen molar-refractivity contribution in [3.05, 3.63) is 45.2 Å². The van der Waals surface area contributed by atoms with Crippen LogP contribution in [0.25, 0.3) is 16.6 Å². The number of halogens is 1. The largest absolute Gasteiger partial charge is 0.691 e. The number of aryl methyl sites for hydroxylation is 2. The highest BCUT2D eigenvalue weighted by molar-refractivity contribution is 9.10. The zero-order valence-electron chi connectivity index (χ0n) is 19.7. The van der Waals surface area contributed by atoms with Gasteiger partial charge in [-0.15, -0.1) is 16.1 Å². The molecule has 1 saturated heterocycles. The van der Waals surface area contributed by atoms with Gasteiger partial charge in [-0.3, -0.25) is 9.22 Å². The number of fused-ring (bicyclic) bond motifs is 3. The van der Waals surface area contributed by atoms with E-state index in [2.05, 4.69) is 58.4 Å². The third-order valence-corrected chi connectivity index (χ3v) is 8.10. The first-order chi connectivity index (χ1) is 17.1. The topological polar surface area (TPSA) is 89.1 Å². The fraction of sp³-hybridized carbons (Fsp3) is 0.478. The highest BCUT2D eigenvalue weighted by Crippen LogP contribution is 2.33. The molecule has 2 aliphatic rings. The van der Waals surface area contributed by atoms with Gasteiger partial charge in [-0.1, -0.05) is 0 Å². The molecule has 9 nitrogen and oxygen atoms in total. The normalized spacial score (nSPS) is 17.8. The van der Waals surface area contributed by atoms with E-state index in [-0.39, 0.29) is 5.97 Å². The lowest BCUT2D eigenvalue weighted by molar-refractivity contribution is -0.777. The van der Waals surface area contributed by atoms with Gasteiger partial charge in [0.2, 0.25) is 0 Å². The van der Waals surface area contributed by atoms with E-state index >= 15 is 0 Å². The second-order valence-electron chi connectivity index (χ2n) is 7.92. The molecule has 0 bridgehead atoms. The van der Waals surface area contributed by atoms with Gasteiger partial charge in [0.25, 0.3) is 5.82 Å². The summed E-state index contributed by atoms with van der Waals surface area (Å²) in [5.74, 6) is 1.89. The van der Waals surface area contributed by atoms with E-state index in [0.717, 1.165) is 48.7 Å². The fourth-order valence-electron chi connectivity index (χ4n) is 4.47. The van der Waals surface area contributed by atoms with Crippen LogP contribution in [0, 0.1) is 0 Å². The van der Waals surface area contributed by atoms with Crippen LogP contribution in [0.4, 0.5) is 0 Å². The predicted octanol–water partition coefficient (Wildman–Crippen LogP) is 3.76. The van der Waals surface area contributed by atoms with Crippen LogP contribution in [-0.4, -0.2) is 47.5 Å². The molecule has 2 aromatic rings. The zero-order chi connectivity index (χ0) is 24.8. The molecular weight excluding hydrogens is 558 g/mol. The Balaban J connectivity index is 1.71. The van der Waals surface area contributed by atoms with E-state index in [1.54, 1.807) is 6.92 Å². The van der Waals surface area contributed by atoms with Crippen LogP contribution in [0.15, 0.2) is 33.8 Å². The first-order valence-corrected chi connectivity index (χ1v) is 14.0. The third kappa shape index (κ3) is 5.90. The fourth-order valence-corrected chi connectivity index (χ4v) is 6.30. The van der Waals surface area contributed by atoms with Gasteiger partial charge in [0.15, 0.2) is 23.4 Å². The number of allylic oxidation sites excluding steroid dienone is 3. The van der Waals surface area contributed by atoms with E-state index in [9.17, 15) is 10.1 Å². The van der Waals surface area contributed by atoms with Crippen LogP contribution in [0.5, 0.6) is 0 Å². The summed E-state index contributed by atoms with van der Waals surface area (Å²) in [4.78, 5) is 15.0. The average molecular weight is 587 g/mol. The van der Waals surface area contributed by atoms with Gasteiger partial charge in [-0.25, -0.2) is 13.9 Å². The van der Waals surface area contributed by atoms with Crippen molar-refractivity contribution in [2.75, 3.05) is 32.1 Å². The quantitative estimate of drug-likeness (QED) is 0.0976. The summed E-state index contributed by atoms with van der Waals surface area (Å²) in [5, 5.41) is 14.5. The Bertz CT molecular complexity index is 1140.